The van der Waals surface area contributed by atoms with E-state index in [0.29, 0.717) is 5.75 Å². The second kappa shape index (κ2) is 6.17. The number of rotatable bonds is 5. The molecule has 0 spiro atoms. The van der Waals surface area contributed by atoms with Crippen LogP contribution in [0.15, 0.2) is 24.3 Å². The van der Waals surface area contributed by atoms with E-state index in [2.05, 4.69) is 0 Å². The molecule has 0 atom stereocenters. The maximum Gasteiger partial charge on any atom is 0.311 e. The van der Waals surface area contributed by atoms with Crippen LogP contribution < -0.4 is 4.74 Å². The number of carboxylic acids is 1. The summed E-state index contributed by atoms with van der Waals surface area (Å²) in [5.41, 5.74) is 0.963. The van der Waals surface area contributed by atoms with Crippen LogP contribution in [-0.2, 0) is 15.3 Å². The first-order valence-corrected chi connectivity index (χ1v) is 5.60. The highest BCUT2D eigenvalue weighted by Gasteiger charge is 2.08. The summed E-state index contributed by atoms with van der Waals surface area (Å²) in [5.74, 6) is 0.147. The summed E-state index contributed by atoms with van der Waals surface area (Å²) in [5, 5.41) is 8.07. The van der Waals surface area contributed by atoms with Crippen LogP contribution in [-0.4, -0.2) is 23.3 Å². The molecule has 0 aliphatic carbocycles. The molecule has 0 bridgehead atoms. The highest BCUT2D eigenvalue weighted by molar-refractivity contribution is 8.13. The number of benzene rings is 1. The van der Waals surface area contributed by atoms with E-state index in [9.17, 15) is 9.59 Å². The SMILES string of the molecule is COc1ccc(CSC(=O)CC(=O)O)cc1. The Hall–Kier alpha value is -1.49. The van der Waals surface area contributed by atoms with Crippen molar-refractivity contribution < 1.29 is 19.4 Å². The topological polar surface area (TPSA) is 63.6 Å². The molecular weight excluding hydrogens is 228 g/mol. The molecule has 0 amide bonds. The number of hydrogen-bond acceptors (Lipinski definition) is 4. The highest BCUT2D eigenvalue weighted by Crippen LogP contribution is 2.17. The van der Waals surface area contributed by atoms with Gasteiger partial charge in [0.2, 0.25) is 0 Å². The second-order valence-electron chi connectivity index (χ2n) is 3.08. The van der Waals surface area contributed by atoms with Crippen molar-refractivity contribution >= 4 is 22.8 Å². The minimum absolute atomic E-state index is 0.330. The number of aliphatic carboxylic acids is 1. The molecule has 1 rings (SSSR count). The summed E-state index contributed by atoms with van der Waals surface area (Å²) in [6, 6.07) is 7.30. The summed E-state index contributed by atoms with van der Waals surface area (Å²) in [6.07, 6.45) is -0.430. The van der Waals surface area contributed by atoms with E-state index in [-0.39, 0.29) is 5.12 Å². The lowest BCUT2D eigenvalue weighted by Crippen LogP contribution is -2.02. The van der Waals surface area contributed by atoms with E-state index in [1.807, 2.05) is 12.1 Å². The van der Waals surface area contributed by atoms with Crippen molar-refractivity contribution in [2.45, 2.75) is 12.2 Å². The molecular formula is C11H12O4S. The standard InChI is InChI=1S/C11H12O4S/c1-15-9-4-2-8(3-5-9)7-16-11(14)6-10(12)13/h2-5H,6-7H2,1H3,(H,12,13). The van der Waals surface area contributed by atoms with E-state index >= 15 is 0 Å². The zero-order valence-electron chi connectivity index (χ0n) is 8.80. The molecule has 1 aromatic carbocycles. The van der Waals surface area contributed by atoms with E-state index in [1.54, 1.807) is 19.2 Å². The molecule has 5 heteroatoms. The van der Waals surface area contributed by atoms with Gasteiger partial charge in [-0.25, -0.2) is 0 Å². The molecule has 0 heterocycles. The summed E-state index contributed by atoms with van der Waals surface area (Å²) in [4.78, 5) is 21.4. The van der Waals surface area contributed by atoms with Crippen molar-refractivity contribution in [3.8, 4) is 5.75 Å². The molecule has 1 N–H and O–H groups in total. The van der Waals surface area contributed by atoms with Gasteiger partial charge >= 0.3 is 5.97 Å². The summed E-state index contributed by atoms with van der Waals surface area (Å²) in [6.45, 7) is 0. The van der Waals surface area contributed by atoms with E-state index < -0.39 is 12.4 Å². The van der Waals surface area contributed by atoms with E-state index in [0.717, 1.165) is 23.1 Å². The lowest BCUT2D eigenvalue weighted by Gasteiger charge is -2.02. The zero-order chi connectivity index (χ0) is 12.0. The molecule has 0 aromatic heterocycles. The Morgan fingerprint density at radius 3 is 2.44 bits per heavy atom. The van der Waals surface area contributed by atoms with Gasteiger partial charge in [-0.05, 0) is 17.7 Å². The quantitative estimate of drug-likeness (QED) is 0.797. The number of methoxy groups -OCH3 is 1. The van der Waals surface area contributed by atoms with Crippen LogP contribution in [0.5, 0.6) is 5.75 Å². The van der Waals surface area contributed by atoms with Crippen LogP contribution in [0.1, 0.15) is 12.0 Å². The zero-order valence-corrected chi connectivity index (χ0v) is 9.62. The fourth-order valence-corrected chi connectivity index (χ4v) is 1.81. The third-order valence-electron chi connectivity index (χ3n) is 1.85. The maximum absolute atomic E-state index is 11.1. The van der Waals surface area contributed by atoms with Crippen molar-refractivity contribution in [1.29, 1.82) is 0 Å². The molecule has 4 nitrogen and oxygen atoms in total. The summed E-state index contributed by atoms with van der Waals surface area (Å²) >= 11 is 1.01. The van der Waals surface area contributed by atoms with Crippen molar-refractivity contribution in [2.24, 2.45) is 0 Å². The van der Waals surface area contributed by atoms with E-state index in [1.165, 1.54) is 0 Å². The molecule has 0 aliphatic rings. The molecule has 0 fully saturated rings. The first-order valence-electron chi connectivity index (χ1n) is 4.62. The smallest absolute Gasteiger partial charge is 0.311 e. The lowest BCUT2D eigenvalue weighted by atomic mass is 10.2. The minimum Gasteiger partial charge on any atom is -0.497 e. The van der Waals surface area contributed by atoms with Crippen LogP contribution in [0.25, 0.3) is 0 Å². The van der Waals surface area contributed by atoms with Crippen LogP contribution in [0.2, 0.25) is 0 Å². The number of carboxylic acid groups (broad SMARTS) is 1. The van der Waals surface area contributed by atoms with Gasteiger partial charge < -0.3 is 9.84 Å². The fraction of sp³-hybridized carbons (Fsp3) is 0.273. The predicted octanol–water partition coefficient (Wildman–Crippen LogP) is 1.93. The van der Waals surface area contributed by atoms with Gasteiger partial charge in [0, 0.05) is 5.75 Å². The van der Waals surface area contributed by atoms with Crippen molar-refractivity contribution in [3.05, 3.63) is 29.8 Å². The van der Waals surface area contributed by atoms with Gasteiger partial charge in [-0.1, -0.05) is 23.9 Å². The van der Waals surface area contributed by atoms with Gasteiger partial charge in [-0.3, -0.25) is 9.59 Å². The normalized spacial score (nSPS) is 9.81. The first-order chi connectivity index (χ1) is 7.61. The van der Waals surface area contributed by atoms with Gasteiger partial charge in [-0.2, -0.15) is 0 Å². The Labute approximate surface area is 97.6 Å². The lowest BCUT2D eigenvalue weighted by molar-refractivity contribution is -0.138. The Bertz CT molecular complexity index is 372. The molecule has 0 aliphatic heterocycles. The van der Waals surface area contributed by atoms with E-state index in [4.69, 9.17) is 9.84 Å². The summed E-state index contributed by atoms with van der Waals surface area (Å²) in [7, 11) is 1.58. The number of carbonyl (C=O) groups is 2. The van der Waals surface area contributed by atoms with Gasteiger partial charge in [0.05, 0.1) is 7.11 Å². The van der Waals surface area contributed by atoms with Crippen molar-refractivity contribution in [3.63, 3.8) is 0 Å². The largest absolute Gasteiger partial charge is 0.497 e. The number of carbonyl (C=O) groups excluding carboxylic acids is 1. The molecule has 0 saturated heterocycles. The number of thioether (sulfide) groups is 1. The van der Waals surface area contributed by atoms with Gasteiger partial charge in [-0.15, -0.1) is 0 Å². The number of hydrogen-bond donors (Lipinski definition) is 1. The van der Waals surface area contributed by atoms with Gasteiger partial charge in [0.25, 0.3) is 0 Å². The van der Waals surface area contributed by atoms with Crippen LogP contribution in [0.3, 0.4) is 0 Å². The average molecular weight is 240 g/mol. The first kappa shape index (κ1) is 12.6. The van der Waals surface area contributed by atoms with Crippen LogP contribution in [0.4, 0.5) is 0 Å². The molecule has 16 heavy (non-hydrogen) atoms. The monoisotopic (exact) mass is 240 g/mol. The Morgan fingerprint density at radius 1 is 1.31 bits per heavy atom. The third-order valence-corrected chi connectivity index (χ3v) is 2.80. The molecule has 86 valence electrons. The molecule has 1 aromatic rings. The molecule has 0 saturated carbocycles. The number of ether oxygens (including phenoxy) is 1. The Kier molecular flexibility index (Phi) is 4.85. The minimum atomic E-state index is -1.09. The fourth-order valence-electron chi connectivity index (χ4n) is 1.06. The average Bonchev–Trinajstić information content (AvgIpc) is 2.26. The van der Waals surface area contributed by atoms with Gasteiger partial charge in [0.15, 0.2) is 5.12 Å². The highest BCUT2D eigenvalue weighted by atomic mass is 32.2. The van der Waals surface area contributed by atoms with Crippen molar-refractivity contribution in [1.82, 2.24) is 0 Å². The van der Waals surface area contributed by atoms with Crippen LogP contribution in [0, 0.1) is 0 Å². The predicted molar refractivity (Wildman–Crippen MR) is 61.5 cm³/mol. The molecule has 0 radical (unpaired) electrons. The van der Waals surface area contributed by atoms with Gasteiger partial charge in [0.1, 0.15) is 12.2 Å². The Morgan fingerprint density at radius 2 is 1.94 bits per heavy atom. The Balaban J connectivity index is 2.42. The van der Waals surface area contributed by atoms with Crippen molar-refractivity contribution in [2.75, 3.05) is 7.11 Å². The van der Waals surface area contributed by atoms with Crippen LogP contribution >= 0.6 is 11.8 Å². The third kappa shape index (κ3) is 4.35. The maximum atomic E-state index is 11.1. The summed E-state index contributed by atoms with van der Waals surface area (Å²) < 4.78 is 5.00. The second-order valence-corrected chi connectivity index (χ2v) is 4.11. The molecule has 0 unspecified atom stereocenters.